The zero-order valence-electron chi connectivity index (χ0n) is 11.5. The normalized spacial score (nSPS) is 16.1. The maximum Gasteiger partial charge on any atom is 0.341 e. The number of hydrogen-bond acceptors (Lipinski definition) is 3. The van der Waals surface area contributed by atoms with E-state index in [4.69, 9.17) is 9.84 Å². The molecule has 108 valence electrons. The summed E-state index contributed by atoms with van der Waals surface area (Å²) < 4.78 is 5.06. The maximum absolute atomic E-state index is 11.9. The number of amides is 1. The van der Waals surface area contributed by atoms with Gasteiger partial charge < -0.3 is 15.2 Å². The number of carbonyl (C=O) groups is 2. The summed E-state index contributed by atoms with van der Waals surface area (Å²) >= 11 is 0. The average Bonchev–Trinajstić information content (AvgIpc) is 2.34. The molecular weight excluding hydrogens is 258 g/mol. The molecular formula is C15H19NO4. The Morgan fingerprint density at radius 1 is 1.35 bits per heavy atom. The molecule has 1 atom stereocenters. The molecule has 0 heterocycles. The summed E-state index contributed by atoms with van der Waals surface area (Å²) in [6.07, 6.45) is 3.11. The molecule has 5 heteroatoms. The van der Waals surface area contributed by atoms with Crippen LogP contribution in [0, 0.1) is 5.92 Å². The summed E-state index contributed by atoms with van der Waals surface area (Å²) in [7, 11) is 0. The van der Waals surface area contributed by atoms with E-state index >= 15 is 0 Å². The Hall–Kier alpha value is -2.04. The molecule has 0 spiro atoms. The van der Waals surface area contributed by atoms with Crippen molar-refractivity contribution >= 4 is 11.9 Å². The van der Waals surface area contributed by atoms with E-state index in [1.165, 1.54) is 0 Å². The van der Waals surface area contributed by atoms with E-state index in [1.807, 2.05) is 19.1 Å². The van der Waals surface area contributed by atoms with E-state index in [1.54, 1.807) is 12.1 Å². The number of aliphatic carboxylic acids is 1. The zero-order chi connectivity index (χ0) is 14.5. The molecule has 2 rings (SSSR count). The molecule has 0 aliphatic heterocycles. The van der Waals surface area contributed by atoms with Gasteiger partial charge >= 0.3 is 5.97 Å². The number of benzene rings is 1. The van der Waals surface area contributed by atoms with Crippen LogP contribution >= 0.6 is 0 Å². The molecule has 0 radical (unpaired) electrons. The van der Waals surface area contributed by atoms with Crippen molar-refractivity contribution < 1.29 is 19.4 Å². The topological polar surface area (TPSA) is 75.6 Å². The van der Waals surface area contributed by atoms with Gasteiger partial charge in [-0.25, -0.2) is 4.79 Å². The van der Waals surface area contributed by atoms with E-state index in [2.05, 4.69) is 5.32 Å². The Bertz CT molecular complexity index is 479. The monoisotopic (exact) mass is 277 g/mol. The maximum atomic E-state index is 11.9. The van der Waals surface area contributed by atoms with Crippen molar-refractivity contribution in [1.29, 1.82) is 0 Å². The fourth-order valence-corrected chi connectivity index (χ4v) is 2.08. The number of rotatable bonds is 6. The molecule has 1 unspecified atom stereocenters. The quantitative estimate of drug-likeness (QED) is 0.835. The molecule has 1 aromatic carbocycles. The lowest BCUT2D eigenvalue weighted by Crippen LogP contribution is -2.35. The van der Waals surface area contributed by atoms with Crippen LogP contribution < -0.4 is 10.1 Å². The summed E-state index contributed by atoms with van der Waals surface area (Å²) in [5, 5.41) is 11.5. The van der Waals surface area contributed by atoms with Gasteiger partial charge in [-0.15, -0.1) is 0 Å². The van der Waals surface area contributed by atoms with Crippen molar-refractivity contribution in [2.24, 2.45) is 5.92 Å². The van der Waals surface area contributed by atoms with E-state index in [0.717, 1.165) is 24.8 Å². The Morgan fingerprint density at radius 3 is 2.50 bits per heavy atom. The molecule has 0 saturated heterocycles. The third-order valence-corrected chi connectivity index (χ3v) is 3.58. The first-order chi connectivity index (χ1) is 9.56. The van der Waals surface area contributed by atoms with E-state index in [0.29, 0.717) is 5.75 Å². The van der Waals surface area contributed by atoms with Gasteiger partial charge in [0.25, 0.3) is 0 Å². The molecule has 1 fully saturated rings. The van der Waals surface area contributed by atoms with E-state index < -0.39 is 5.97 Å². The number of hydrogen-bond donors (Lipinski definition) is 2. The molecule has 1 aliphatic carbocycles. The molecule has 0 bridgehead atoms. The number of ether oxygens (including phenoxy) is 1. The van der Waals surface area contributed by atoms with Gasteiger partial charge in [0.2, 0.25) is 5.91 Å². The second-order valence-corrected chi connectivity index (χ2v) is 5.11. The average molecular weight is 277 g/mol. The molecule has 5 nitrogen and oxygen atoms in total. The molecule has 0 aromatic heterocycles. The molecule has 2 N–H and O–H groups in total. The van der Waals surface area contributed by atoms with Crippen LogP contribution in [0.2, 0.25) is 0 Å². The van der Waals surface area contributed by atoms with Gasteiger partial charge in [0, 0.05) is 5.92 Å². The van der Waals surface area contributed by atoms with Crippen LogP contribution in [-0.4, -0.2) is 23.6 Å². The summed E-state index contributed by atoms with van der Waals surface area (Å²) in [5.74, 6) is -0.200. The standard InChI is InChI=1S/C15H19NO4/c1-10(16-15(19)12-3-2-4-12)11-5-7-13(8-6-11)20-9-14(17)18/h5-8,10,12H,2-4,9H2,1H3,(H,16,19)(H,17,18). The molecule has 20 heavy (non-hydrogen) atoms. The van der Waals surface area contributed by atoms with Gasteiger partial charge in [-0.1, -0.05) is 18.6 Å². The fraction of sp³-hybridized carbons (Fsp3) is 0.467. The van der Waals surface area contributed by atoms with E-state index in [9.17, 15) is 9.59 Å². The minimum Gasteiger partial charge on any atom is -0.482 e. The minimum atomic E-state index is -1.00. The van der Waals surface area contributed by atoms with Gasteiger partial charge in [0.15, 0.2) is 6.61 Å². The van der Waals surface area contributed by atoms with Crippen LogP contribution in [0.5, 0.6) is 5.75 Å². The van der Waals surface area contributed by atoms with Crippen LogP contribution in [-0.2, 0) is 9.59 Å². The number of carboxylic acids is 1. The highest BCUT2D eigenvalue weighted by Crippen LogP contribution is 2.27. The van der Waals surface area contributed by atoms with Gasteiger partial charge in [-0.05, 0) is 37.5 Å². The first-order valence-corrected chi connectivity index (χ1v) is 6.81. The molecule has 1 aromatic rings. The van der Waals surface area contributed by atoms with Crippen LogP contribution in [0.1, 0.15) is 37.8 Å². The summed E-state index contributed by atoms with van der Waals surface area (Å²) in [6, 6.07) is 7.04. The largest absolute Gasteiger partial charge is 0.482 e. The summed E-state index contributed by atoms with van der Waals surface area (Å²) in [5.41, 5.74) is 0.973. The van der Waals surface area contributed by atoms with Crippen molar-refractivity contribution in [2.45, 2.75) is 32.2 Å². The number of nitrogens with one attached hydrogen (secondary N) is 1. The van der Waals surface area contributed by atoms with Crippen molar-refractivity contribution in [3.05, 3.63) is 29.8 Å². The zero-order valence-corrected chi connectivity index (χ0v) is 11.5. The Morgan fingerprint density at radius 2 is 2.00 bits per heavy atom. The fourth-order valence-electron chi connectivity index (χ4n) is 2.08. The van der Waals surface area contributed by atoms with Gasteiger partial charge in [0.05, 0.1) is 6.04 Å². The van der Waals surface area contributed by atoms with Gasteiger partial charge in [-0.2, -0.15) is 0 Å². The SMILES string of the molecule is CC(NC(=O)C1CCC1)c1ccc(OCC(=O)O)cc1. The van der Waals surface area contributed by atoms with Crippen molar-refractivity contribution in [2.75, 3.05) is 6.61 Å². The Kier molecular flexibility index (Phi) is 4.61. The Labute approximate surface area is 117 Å². The highest BCUT2D eigenvalue weighted by atomic mass is 16.5. The first kappa shape index (κ1) is 14.4. The highest BCUT2D eigenvalue weighted by Gasteiger charge is 2.26. The predicted molar refractivity (Wildman–Crippen MR) is 73.5 cm³/mol. The van der Waals surface area contributed by atoms with Gasteiger partial charge in [-0.3, -0.25) is 4.79 Å². The third-order valence-electron chi connectivity index (χ3n) is 3.58. The predicted octanol–water partition coefficient (Wildman–Crippen LogP) is 2.13. The van der Waals surface area contributed by atoms with Crippen LogP contribution in [0.15, 0.2) is 24.3 Å². The van der Waals surface area contributed by atoms with Crippen LogP contribution in [0.25, 0.3) is 0 Å². The van der Waals surface area contributed by atoms with Crippen molar-refractivity contribution in [3.63, 3.8) is 0 Å². The second-order valence-electron chi connectivity index (χ2n) is 5.11. The summed E-state index contributed by atoms with van der Waals surface area (Å²) in [4.78, 5) is 22.2. The smallest absolute Gasteiger partial charge is 0.341 e. The minimum absolute atomic E-state index is 0.0587. The lowest BCUT2D eigenvalue weighted by atomic mass is 9.84. The lowest BCUT2D eigenvalue weighted by molar-refractivity contribution is -0.139. The number of carboxylic acid groups (broad SMARTS) is 1. The van der Waals surface area contributed by atoms with E-state index in [-0.39, 0.29) is 24.5 Å². The third kappa shape index (κ3) is 3.73. The highest BCUT2D eigenvalue weighted by molar-refractivity contribution is 5.79. The molecule has 1 amide bonds. The van der Waals surface area contributed by atoms with Crippen molar-refractivity contribution in [1.82, 2.24) is 5.32 Å². The Balaban J connectivity index is 1.87. The first-order valence-electron chi connectivity index (χ1n) is 6.81. The lowest BCUT2D eigenvalue weighted by Gasteiger charge is -2.26. The van der Waals surface area contributed by atoms with Crippen LogP contribution in [0.4, 0.5) is 0 Å². The van der Waals surface area contributed by atoms with Gasteiger partial charge in [0.1, 0.15) is 5.75 Å². The summed E-state index contributed by atoms with van der Waals surface area (Å²) in [6.45, 7) is 1.58. The number of carbonyl (C=O) groups excluding carboxylic acids is 1. The van der Waals surface area contributed by atoms with Crippen LogP contribution in [0.3, 0.4) is 0 Å². The second kappa shape index (κ2) is 6.41. The van der Waals surface area contributed by atoms with Crippen molar-refractivity contribution in [3.8, 4) is 5.75 Å². The molecule has 1 aliphatic rings. The molecule has 1 saturated carbocycles.